The van der Waals surface area contributed by atoms with Crippen LogP contribution in [0.2, 0.25) is 0 Å². The molecule has 0 saturated carbocycles. The van der Waals surface area contributed by atoms with Gasteiger partial charge in [-0.2, -0.15) is 0 Å². The Labute approximate surface area is 92.1 Å². The maximum atomic E-state index is 12.9. The molecule has 0 aromatic heterocycles. The third-order valence-corrected chi connectivity index (χ3v) is 2.77. The molecule has 0 bridgehead atoms. The normalized spacial score (nSPS) is 12.9. The second-order valence-electron chi connectivity index (χ2n) is 3.33. The van der Waals surface area contributed by atoms with Gasteiger partial charge in [-0.15, -0.1) is 0 Å². The lowest BCUT2D eigenvalue weighted by molar-refractivity contribution is 0.164. The van der Waals surface area contributed by atoms with E-state index in [1.807, 2.05) is 0 Å². The molecule has 1 unspecified atom stereocenters. The van der Waals surface area contributed by atoms with Crippen LogP contribution in [0, 0.1) is 5.82 Å². The highest BCUT2D eigenvalue weighted by Crippen LogP contribution is 2.24. The molecular weight excluding hydrogens is 247 g/mol. The van der Waals surface area contributed by atoms with E-state index in [9.17, 15) is 9.50 Å². The van der Waals surface area contributed by atoms with Crippen LogP contribution in [0.1, 0.15) is 37.9 Å². The van der Waals surface area contributed by atoms with Crippen LogP contribution in [0.3, 0.4) is 0 Å². The van der Waals surface area contributed by atoms with E-state index < -0.39 is 6.10 Å². The Morgan fingerprint density at radius 3 is 2.79 bits per heavy atom. The topological polar surface area (TPSA) is 20.2 Å². The summed E-state index contributed by atoms with van der Waals surface area (Å²) < 4.78 is 13.3. The SMILES string of the molecule is CCCCC(O)c1ccc(F)c(Br)c1. The molecule has 1 nitrogen and oxygen atoms in total. The van der Waals surface area contributed by atoms with E-state index >= 15 is 0 Å². The van der Waals surface area contributed by atoms with Crippen LogP contribution in [0.25, 0.3) is 0 Å². The van der Waals surface area contributed by atoms with E-state index in [-0.39, 0.29) is 5.82 Å². The molecule has 1 aromatic carbocycles. The third-order valence-electron chi connectivity index (χ3n) is 2.16. The van der Waals surface area contributed by atoms with Crippen molar-refractivity contribution in [2.24, 2.45) is 0 Å². The Morgan fingerprint density at radius 1 is 1.50 bits per heavy atom. The van der Waals surface area contributed by atoms with E-state index in [0.29, 0.717) is 4.47 Å². The fraction of sp³-hybridized carbons (Fsp3) is 0.455. The fourth-order valence-corrected chi connectivity index (χ4v) is 1.68. The van der Waals surface area contributed by atoms with Crippen molar-refractivity contribution in [3.63, 3.8) is 0 Å². The number of rotatable bonds is 4. The molecule has 0 spiro atoms. The zero-order chi connectivity index (χ0) is 10.6. The van der Waals surface area contributed by atoms with Crippen LogP contribution in [0.4, 0.5) is 4.39 Å². The zero-order valence-corrected chi connectivity index (χ0v) is 9.72. The smallest absolute Gasteiger partial charge is 0.137 e. The van der Waals surface area contributed by atoms with E-state index in [0.717, 1.165) is 24.8 Å². The van der Waals surface area contributed by atoms with E-state index in [1.54, 1.807) is 12.1 Å². The van der Waals surface area contributed by atoms with Gasteiger partial charge in [-0.1, -0.05) is 25.8 Å². The first-order chi connectivity index (χ1) is 6.65. The molecule has 0 aliphatic carbocycles. The minimum Gasteiger partial charge on any atom is -0.388 e. The number of halogens is 2. The number of aliphatic hydroxyl groups is 1. The minimum atomic E-state index is -0.480. The van der Waals surface area contributed by atoms with Gasteiger partial charge in [0.15, 0.2) is 0 Å². The molecule has 0 saturated heterocycles. The van der Waals surface area contributed by atoms with Crippen molar-refractivity contribution in [1.82, 2.24) is 0 Å². The van der Waals surface area contributed by atoms with Crippen LogP contribution in [0.15, 0.2) is 22.7 Å². The Balaban J connectivity index is 2.70. The predicted molar refractivity (Wildman–Crippen MR) is 58.6 cm³/mol. The minimum absolute atomic E-state index is 0.295. The zero-order valence-electron chi connectivity index (χ0n) is 8.13. The van der Waals surface area contributed by atoms with Gasteiger partial charge in [-0.05, 0) is 40.0 Å². The molecule has 0 fully saturated rings. The summed E-state index contributed by atoms with van der Waals surface area (Å²) in [5.41, 5.74) is 0.770. The molecule has 14 heavy (non-hydrogen) atoms. The van der Waals surface area contributed by atoms with Crippen LogP contribution in [-0.2, 0) is 0 Å². The summed E-state index contributed by atoms with van der Waals surface area (Å²) >= 11 is 3.10. The van der Waals surface area contributed by atoms with Crippen molar-refractivity contribution >= 4 is 15.9 Å². The number of hydrogen-bond acceptors (Lipinski definition) is 1. The summed E-state index contributed by atoms with van der Waals surface area (Å²) in [4.78, 5) is 0. The van der Waals surface area contributed by atoms with Gasteiger partial charge in [-0.3, -0.25) is 0 Å². The molecule has 0 aliphatic heterocycles. The summed E-state index contributed by atoms with van der Waals surface area (Å²) in [6.45, 7) is 2.08. The number of aliphatic hydroxyl groups excluding tert-OH is 1. The Hall–Kier alpha value is -0.410. The molecule has 1 N–H and O–H groups in total. The van der Waals surface area contributed by atoms with Gasteiger partial charge in [0.25, 0.3) is 0 Å². The average Bonchev–Trinajstić information content (AvgIpc) is 2.18. The van der Waals surface area contributed by atoms with Gasteiger partial charge in [0.2, 0.25) is 0 Å². The summed E-state index contributed by atoms with van der Waals surface area (Å²) in [7, 11) is 0. The van der Waals surface area contributed by atoms with Crippen molar-refractivity contribution in [3.8, 4) is 0 Å². The number of hydrogen-bond donors (Lipinski definition) is 1. The first-order valence-electron chi connectivity index (χ1n) is 4.78. The number of unbranched alkanes of at least 4 members (excludes halogenated alkanes) is 1. The maximum Gasteiger partial charge on any atom is 0.137 e. The molecule has 0 heterocycles. The molecular formula is C11H14BrFO. The highest BCUT2D eigenvalue weighted by molar-refractivity contribution is 9.10. The quantitative estimate of drug-likeness (QED) is 0.873. The lowest BCUT2D eigenvalue weighted by Gasteiger charge is -2.10. The Bertz CT molecular complexity index is 301. The largest absolute Gasteiger partial charge is 0.388 e. The number of benzene rings is 1. The van der Waals surface area contributed by atoms with Gasteiger partial charge < -0.3 is 5.11 Å². The predicted octanol–water partition coefficient (Wildman–Crippen LogP) is 3.81. The van der Waals surface area contributed by atoms with Crippen LogP contribution in [-0.4, -0.2) is 5.11 Å². The van der Waals surface area contributed by atoms with Crippen molar-refractivity contribution < 1.29 is 9.50 Å². The van der Waals surface area contributed by atoms with Crippen LogP contribution >= 0.6 is 15.9 Å². The van der Waals surface area contributed by atoms with Crippen molar-refractivity contribution in [2.45, 2.75) is 32.3 Å². The summed E-state index contributed by atoms with van der Waals surface area (Å²) in [6, 6.07) is 4.63. The monoisotopic (exact) mass is 260 g/mol. The summed E-state index contributed by atoms with van der Waals surface area (Å²) in [5.74, 6) is -0.295. The molecule has 78 valence electrons. The van der Waals surface area contributed by atoms with Crippen molar-refractivity contribution in [3.05, 3.63) is 34.1 Å². The molecule has 0 aliphatic rings. The van der Waals surface area contributed by atoms with Gasteiger partial charge in [0, 0.05) is 0 Å². The Kier molecular flexibility index (Phi) is 4.55. The summed E-state index contributed by atoms with van der Waals surface area (Å²) in [6.07, 6.45) is 2.29. The van der Waals surface area contributed by atoms with Crippen molar-refractivity contribution in [1.29, 1.82) is 0 Å². The van der Waals surface area contributed by atoms with Gasteiger partial charge in [0.05, 0.1) is 10.6 Å². The maximum absolute atomic E-state index is 12.9. The molecule has 0 amide bonds. The van der Waals surface area contributed by atoms with Crippen LogP contribution in [0.5, 0.6) is 0 Å². The molecule has 3 heteroatoms. The van der Waals surface area contributed by atoms with Crippen LogP contribution < -0.4 is 0 Å². The second-order valence-corrected chi connectivity index (χ2v) is 4.19. The standard InChI is InChI=1S/C11H14BrFO/c1-2-3-4-11(14)8-5-6-10(13)9(12)7-8/h5-7,11,14H,2-4H2,1H3. The lowest BCUT2D eigenvalue weighted by Crippen LogP contribution is -1.97. The van der Waals surface area contributed by atoms with E-state index in [1.165, 1.54) is 6.07 Å². The Morgan fingerprint density at radius 2 is 2.21 bits per heavy atom. The van der Waals surface area contributed by atoms with Crippen molar-refractivity contribution in [2.75, 3.05) is 0 Å². The molecule has 1 rings (SSSR count). The van der Waals surface area contributed by atoms with Gasteiger partial charge >= 0.3 is 0 Å². The van der Waals surface area contributed by atoms with Gasteiger partial charge in [0.1, 0.15) is 5.82 Å². The third kappa shape index (κ3) is 3.07. The second kappa shape index (κ2) is 5.47. The molecule has 0 radical (unpaired) electrons. The highest BCUT2D eigenvalue weighted by atomic mass is 79.9. The average molecular weight is 261 g/mol. The van der Waals surface area contributed by atoms with E-state index in [4.69, 9.17) is 0 Å². The first-order valence-corrected chi connectivity index (χ1v) is 5.57. The molecule has 1 atom stereocenters. The van der Waals surface area contributed by atoms with Gasteiger partial charge in [-0.25, -0.2) is 4.39 Å². The molecule has 1 aromatic rings. The highest BCUT2D eigenvalue weighted by Gasteiger charge is 2.08. The first kappa shape index (κ1) is 11.7. The summed E-state index contributed by atoms with van der Waals surface area (Å²) in [5, 5.41) is 9.72. The fourth-order valence-electron chi connectivity index (χ4n) is 1.28. The van der Waals surface area contributed by atoms with E-state index in [2.05, 4.69) is 22.9 Å². The lowest BCUT2D eigenvalue weighted by atomic mass is 10.0.